The topological polar surface area (TPSA) is 75.3 Å². The number of anilines is 1. The molecule has 3 aromatic carbocycles. The number of nitrogens with one attached hydrogen (secondary N) is 2. The minimum absolute atomic E-state index is 0.0146. The van der Waals surface area contributed by atoms with Crippen LogP contribution in [0.5, 0.6) is 0 Å². The number of rotatable bonds is 8. The third-order valence-corrected chi connectivity index (χ3v) is 6.26. The molecular weight excluding hydrogens is 420 g/mol. The molecule has 0 bridgehead atoms. The number of aryl methyl sites for hydroxylation is 1. The van der Waals surface area contributed by atoms with Crippen molar-refractivity contribution in [2.45, 2.75) is 30.7 Å². The van der Waals surface area contributed by atoms with Crippen molar-refractivity contribution in [1.82, 2.24) is 5.32 Å². The number of hydrogen-bond donors (Lipinski definition) is 2. The fourth-order valence-corrected chi connectivity index (χ4v) is 4.11. The van der Waals surface area contributed by atoms with Gasteiger partial charge in [-0.1, -0.05) is 41.9 Å². The van der Waals surface area contributed by atoms with Crippen LogP contribution in [0.1, 0.15) is 29.3 Å². The summed E-state index contributed by atoms with van der Waals surface area (Å²) in [5.74, 6) is -0.192. The van der Waals surface area contributed by atoms with E-state index < -0.39 is 10.0 Å². The van der Waals surface area contributed by atoms with Crippen LogP contribution in [-0.2, 0) is 16.4 Å². The number of carbonyl (C=O) groups excluding carboxylic acids is 1. The Kier molecular flexibility index (Phi) is 7.13. The zero-order chi connectivity index (χ0) is 21.6. The maximum absolute atomic E-state index is 12.5. The van der Waals surface area contributed by atoms with E-state index in [2.05, 4.69) is 22.2 Å². The average Bonchev–Trinajstić information content (AvgIpc) is 2.73. The second kappa shape index (κ2) is 9.78. The van der Waals surface area contributed by atoms with Crippen LogP contribution in [0.3, 0.4) is 0 Å². The Morgan fingerprint density at radius 1 is 0.933 bits per heavy atom. The lowest BCUT2D eigenvalue weighted by atomic mass is 10.1. The van der Waals surface area contributed by atoms with Crippen molar-refractivity contribution in [1.29, 1.82) is 0 Å². The first-order valence-corrected chi connectivity index (χ1v) is 11.4. The lowest BCUT2D eigenvalue weighted by molar-refractivity contribution is 0.0938. The van der Waals surface area contributed by atoms with Crippen LogP contribution in [0.15, 0.2) is 83.8 Å². The second-order valence-corrected chi connectivity index (χ2v) is 9.15. The van der Waals surface area contributed by atoms with Gasteiger partial charge in [0.1, 0.15) is 0 Å². The Morgan fingerprint density at radius 2 is 1.57 bits per heavy atom. The van der Waals surface area contributed by atoms with E-state index in [0.717, 1.165) is 12.8 Å². The van der Waals surface area contributed by atoms with Crippen molar-refractivity contribution in [3.05, 3.63) is 95.0 Å². The molecule has 7 heteroatoms. The highest BCUT2D eigenvalue weighted by molar-refractivity contribution is 7.92. The molecule has 5 nitrogen and oxygen atoms in total. The summed E-state index contributed by atoms with van der Waals surface area (Å²) in [6.45, 7) is 1.97. The summed E-state index contributed by atoms with van der Waals surface area (Å²) in [4.78, 5) is 12.6. The summed E-state index contributed by atoms with van der Waals surface area (Å²) in [6, 6.07) is 22.4. The molecule has 0 aliphatic carbocycles. The molecule has 1 atom stereocenters. The number of carbonyl (C=O) groups is 1. The van der Waals surface area contributed by atoms with Gasteiger partial charge in [0, 0.05) is 22.3 Å². The molecule has 0 aromatic heterocycles. The summed E-state index contributed by atoms with van der Waals surface area (Å²) >= 11 is 5.80. The smallest absolute Gasteiger partial charge is 0.261 e. The van der Waals surface area contributed by atoms with Gasteiger partial charge in [-0.2, -0.15) is 0 Å². The summed E-state index contributed by atoms with van der Waals surface area (Å²) in [5.41, 5.74) is 2.07. The fraction of sp³-hybridized carbons (Fsp3) is 0.174. The SMILES string of the molecule is CC(CCc1ccccc1)NC(=O)c1ccc(NS(=O)(=O)c2ccc(Cl)cc2)cc1. The molecule has 0 aliphatic heterocycles. The lowest BCUT2D eigenvalue weighted by Gasteiger charge is -2.14. The van der Waals surface area contributed by atoms with Crippen molar-refractivity contribution in [3.8, 4) is 0 Å². The van der Waals surface area contributed by atoms with Crippen LogP contribution in [-0.4, -0.2) is 20.4 Å². The quantitative estimate of drug-likeness (QED) is 0.521. The number of halogens is 1. The van der Waals surface area contributed by atoms with Crippen molar-refractivity contribution in [2.24, 2.45) is 0 Å². The predicted octanol–water partition coefficient (Wildman–Crippen LogP) is 4.89. The van der Waals surface area contributed by atoms with Crippen LogP contribution >= 0.6 is 11.6 Å². The molecule has 0 fully saturated rings. The number of sulfonamides is 1. The molecule has 2 N–H and O–H groups in total. The highest BCUT2D eigenvalue weighted by Gasteiger charge is 2.15. The van der Waals surface area contributed by atoms with E-state index in [0.29, 0.717) is 16.3 Å². The number of benzene rings is 3. The normalized spacial score (nSPS) is 12.2. The van der Waals surface area contributed by atoms with E-state index in [1.54, 1.807) is 24.3 Å². The van der Waals surface area contributed by atoms with Crippen molar-refractivity contribution < 1.29 is 13.2 Å². The zero-order valence-electron chi connectivity index (χ0n) is 16.5. The van der Waals surface area contributed by atoms with Crippen LogP contribution in [0.25, 0.3) is 0 Å². The summed E-state index contributed by atoms with van der Waals surface area (Å²) in [7, 11) is -3.73. The van der Waals surface area contributed by atoms with Crippen LogP contribution in [0.4, 0.5) is 5.69 Å². The molecule has 1 unspecified atom stereocenters. The molecule has 0 spiro atoms. The van der Waals surface area contributed by atoms with Gasteiger partial charge >= 0.3 is 0 Å². The first kappa shape index (κ1) is 21.9. The lowest BCUT2D eigenvalue weighted by Crippen LogP contribution is -2.32. The molecule has 156 valence electrons. The summed E-state index contributed by atoms with van der Waals surface area (Å²) < 4.78 is 27.4. The Balaban J connectivity index is 1.56. The fourth-order valence-electron chi connectivity index (χ4n) is 2.92. The first-order valence-electron chi connectivity index (χ1n) is 9.57. The first-order chi connectivity index (χ1) is 14.3. The minimum atomic E-state index is -3.73. The van der Waals surface area contributed by atoms with Crippen LogP contribution < -0.4 is 10.0 Å². The van der Waals surface area contributed by atoms with E-state index in [1.165, 1.54) is 29.8 Å². The third kappa shape index (κ3) is 6.08. The molecule has 30 heavy (non-hydrogen) atoms. The van der Waals surface area contributed by atoms with E-state index in [1.807, 2.05) is 25.1 Å². The molecule has 0 heterocycles. The molecule has 0 radical (unpaired) electrons. The highest BCUT2D eigenvalue weighted by Crippen LogP contribution is 2.19. The maximum atomic E-state index is 12.5. The van der Waals surface area contributed by atoms with E-state index in [-0.39, 0.29) is 16.8 Å². The molecule has 3 rings (SSSR count). The third-order valence-electron chi connectivity index (χ3n) is 4.61. The minimum Gasteiger partial charge on any atom is -0.350 e. The van der Waals surface area contributed by atoms with Gasteiger partial charge in [0.25, 0.3) is 15.9 Å². The van der Waals surface area contributed by atoms with Crippen molar-refractivity contribution >= 4 is 33.2 Å². The Labute approximate surface area is 182 Å². The molecule has 0 saturated carbocycles. The highest BCUT2D eigenvalue weighted by atomic mass is 35.5. The van der Waals surface area contributed by atoms with Gasteiger partial charge in [-0.25, -0.2) is 8.42 Å². The Hall–Kier alpha value is -2.83. The van der Waals surface area contributed by atoms with Gasteiger partial charge in [0.2, 0.25) is 0 Å². The van der Waals surface area contributed by atoms with E-state index >= 15 is 0 Å². The van der Waals surface area contributed by atoms with Crippen molar-refractivity contribution in [2.75, 3.05) is 4.72 Å². The van der Waals surface area contributed by atoms with Crippen LogP contribution in [0, 0.1) is 0 Å². The molecule has 0 saturated heterocycles. The standard InChI is InChI=1S/C23H23ClN2O3S/c1-17(7-8-18-5-3-2-4-6-18)25-23(27)19-9-13-21(14-10-19)26-30(28,29)22-15-11-20(24)12-16-22/h2-6,9-17,26H,7-8H2,1H3,(H,25,27). The van der Waals surface area contributed by atoms with Gasteiger partial charge in [-0.3, -0.25) is 9.52 Å². The molecular formula is C23H23ClN2O3S. The van der Waals surface area contributed by atoms with Gasteiger partial charge in [0.15, 0.2) is 0 Å². The molecule has 1 amide bonds. The monoisotopic (exact) mass is 442 g/mol. The molecule has 3 aromatic rings. The number of amides is 1. The van der Waals surface area contributed by atoms with Gasteiger partial charge < -0.3 is 5.32 Å². The Morgan fingerprint density at radius 3 is 2.20 bits per heavy atom. The maximum Gasteiger partial charge on any atom is 0.261 e. The largest absolute Gasteiger partial charge is 0.350 e. The molecule has 0 aliphatic rings. The van der Waals surface area contributed by atoms with Gasteiger partial charge in [-0.15, -0.1) is 0 Å². The van der Waals surface area contributed by atoms with Gasteiger partial charge in [-0.05, 0) is 73.9 Å². The van der Waals surface area contributed by atoms with Gasteiger partial charge in [0.05, 0.1) is 4.90 Å². The van der Waals surface area contributed by atoms with Crippen LogP contribution in [0.2, 0.25) is 5.02 Å². The van der Waals surface area contributed by atoms with E-state index in [9.17, 15) is 13.2 Å². The predicted molar refractivity (Wildman–Crippen MR) is 120 cm³/mol. The Bertz CT molecular complexity index is 1080. The van der Waals surface area contributed by atoms with Crippen molar-refractivity contribution in [3.63, 3.8) is 0 Å². The zero-order valence-corrected chi connectivity index (χ0v) is 18.1. The van der Waals surface area contributed by atoms with E-state index in [4.69, 9.17) is 11.6 Å². The second-order valence-electron chi connectivity index (χ2n) is 7.04. The average molecular weight is 443 g/mol. The summed E-state index contributed by atoms with van der Waals surface area (Å²) in [5, 5.41) is 3.44. The number of hydrogen-bond acceptors (Lipinski definition) is 3. The summed E-state index contributed by atoms with van der Waals surface area (Å²) in [6.07, 6.45) is 1.71.